The largest absolute Gasteiger partial charge is 0.328 e. The van der Waals surface area contributed by atoms with Crippen LogP contribution in [0.15, 0.2) is 60.3 Å². The molecule has 29 heavy (non-hydrogen) atoms. The number of carbonyl (C=O) groups is 1. The van der Waals surface area contributed by atoms with Crippen molar-refractivity contribution in [2.75, 3.05) is 31.1 Å². The monoisotopic (exact) mass is 396 g/mol. The topological polar surface area (TPSA) is 69.9 Å². The maximum atomic E-state index is 13.1. The summed E-state index contributed by atoms with van der Waals surface area (Å²) >= 11 is 0. The minimum Gasteiger partial charge on any atom is -0.295 e. The quantitative estimate of drug-likeness (QED) is 0.570. The lowest BCUT2D eigenvalue weighted by Gasteiger charge is -2.31. The lowest BCUT2D eigenvalue weighted by molar-refractivity contribution is -0.384. The molecule has 0 atom stereocenters. The van der Waals surface area contributed by atoms with Gasteiger partial charge in [-0.2, -0.15) is 0 Å². The molecule has 1 saturated heterocycles. The third-order valence-corrected chi connectivity index (χ3v) is 5.26. The van der Waals surface area contributed by atoms with E-state index in [2.05, 4.69) is 11.0 Å². The van der Waals surface area contributed by atoms with Crippen LogP contribution in [-0.4, -0.2) is 46.9 Å². The minimum atomic E-state index is -0.454. The van der Waals surface area contributed by atoms with Gasteiger partial charge in [0.05, 0.1) is 4.92 Å². The molecule has 7 nitrogen and oxygen atoms in total. The van der Waals surface area contributed by atoms with Gasteiger partial charge in [-0.15, -0.1) is 0 Å². The summed E-state index contributed by atoms with van der Waals surface area (Å²) in [6, 6.07) is 12.4. The van der Waals surface area contributed by atoms with Gasteiger partial charge in [0.2, 0.25) is 0 Å². The van der Waals surface area contributed by atoms with Crippen LogP contribution in [0.2, 0.25) is 0 Å². The van der Waals surface area contributed by atoms with Crippen LogP contribution < -0.4 is 4.90 Å². The number of rotatable bonds is 5. The van der Waals surface area contributed by atoms with Crippen LogP contribution in [0.4, 0.5) is 20.6 Å². The molecule has 150 valence electrons. The average molecular weight is 396 g/mol. The molecule has 4 rings (SSSR count). The van der Waals surface area contributed by atoms with Gasteiger partial charge in [-0.25, -0.2) is 9.18 Å². The van der Waals surface area contributed by atoms with Crippen LogP contribution in [0.3, 0.4) is 0 Å². The van der Waals surface area contributed by atoms with E-state index in [4.69, 9.17) is 0 Å². The standard InChI is InChI=1S/C21H21FN4O3/c22-17-5-3-16(4-6-17)14-23-11-1-2-20(15-23)25-13-12-24(21(25)27)18-7-9-19(10-8-18)26(28)29/h2-10H,1,11-15H2. The predicted octanol–water partition coefficient (Wildman–Crippen LogP) is 3.77. The molecular weight excluding hydrogens is 375 g/mol. The average Bonchev–Trinajstić information content (AvgIpc) is 3.11. The Hall–Kier alpha value is -3.26. The second-order valence-electron chi connectivity index (χ2n) is 7.18. The summed E-state index contributed by atoms with van der Waals surface area (Å²) in [4.78, 5) is 29.0. The normalized spacial score (nSPS) is 17.6. The van der Waals surface area contributed by atoms with E-state index in [1.165, 1.54) is 24.3 Å². The number of anilines is 1. The van der Waals surface area contributed by atoms with Gasteiger partial charge >= 0.3 is 6.03 Å². The Morgan fingerprint density at radius 2 is 1.66 bits per heavy atom. The Kier molecular flexibility index (Phi) is 5.26. The number of nitro benzene ring substituents is 1. The number of non-ortho nitro benzene ring substituents is 1. The van der Waals surface area contributed by atoms with E-state index in [0.717, 1.165) is 24.2 Å². The molecule has 1 fully saturated rings. The zero-order valence-electron chi connectivity index (χ0n) is 15.8. The Morgan fingerprint density at radius 1 is 0.966 bits per heavy atom. The molecule has 0 bridgehead atoms. The zero-order valence-corrected chi connectivity index (χ0v) is 15.8. The molecule has 2 aliphatic rings. The maximum Gasteiger partial charge on any atom is 0.328 e. The van der Waals surface area contributed by atoms with Gasteiger partial charge in [0, 0.05) is 56.2 Å². The first-order valence-electron chi connectivity index (χ1n) is 9.50. The van der Waals surface area contributed by atoms with E-state index >= 15 is 0 Å². The summed E-state index contributed by atoms with van der Waals surface area (Å²) in [6.45, 7) is 3.34. The number of carbonyl (C=O) groups excluding carboxylic acids is 1. The van der Waals surface area contributed by atoms with Gasteiger partial charge < -0.3 is 0 Å². The SMILES string of the molecule is O=C1N(C2=CCCN(Cc3ccc(F)cc3)C2)CCN1c1ccc([N+](=O)[O-])cc1. The maximum absolute atomic E-state index is 13.1. The highest BCUT2D eigenvalue weighted by molar-refractivity contribution is 5.95. The van der Waals surface area contributed by atoms with Crippen molar-refractivity contribution < 1.29 is 14.1 Å². The predicted molar refractivity (Wildman–Crippen MR) is 107 cm³/mol. The molecule has 0 N–H and O–H groups in total. The van der Waals surface area contributed by atoms with Crippen molar-refractivity contribution in [2.24, 2.45) is 0 Å². The fraction of sp³-hybridized carbons (Fsp3) is 0.286. The fourth-order valence-electron chi connectivity index (χ4n) is 3.76. The molecule has 0 unspecified atom stereocenters. The summed E-state index contributed by atoms with van der Waals surface area (Å²) in [5, 5.41) is 10.8. The van der Waals surface area contributed by atoms with Crippen LogP contribution in [0, 0.1) is 15.9 Å². The number of amides is 2. The number of nitrogens with zero attached hydrogens (tertiary/aromatic N) is 4. The molecule has 2 aromatic carbocycles. The smallest absolute Gasteiger partial charge is 0.295 e. The van der Waals surface area contributed by atoms with Gasteiger partial charge in [0.1, 0.15) is 5.82 Å². The molecule has 0 radical (unpaired) electrons. The second kappa shape index (κ2) is 8.00. The van der Waals surface area contributed by atoms with E-state index in [1.807, 2.05) is 0 Å². The van der Waals surface area contributed by atoms with Crippen molar-refractivity contribution in [1.29, 1.82) is 0 Å². The Morgan fingerprint density at radius 3 is 2.34 bits per heavy atom. The Labute approximate surface area is 167 Å². The molecule has 2 aliphatic heterocycles. The van der Waals surface area contributed by atoms with Crippen molar-refractivity contribution in [3.8, 4) is 0 Å². The van der Waals surface area contributed by atoms with Crippen LogP contribution in [0.25, 0.3) is 0 Å². The summed E-state index contributed by atoms with van der Waals surface area (Å²) in [5.41, 5.74) is 2.66. The van der Waals surface area contributed by atoms with Crippen molar-refractivity contribution >= 4 is 17.4 Å². The fourth-order valence-corrected chi connectivity index (χ4v) is 3.76. The van der Waals surface area contributed by atoms with Crippen molar-refractivity contribution in [2.45, 2.75) is 13.0 Å². The molecule has 0 saturated carbocycles. The third-order valence-electron chi connectivity index (χ3n) is 5.26. The van der Waals surface area contributed by atoms with Gasteiger partial charge in [-0.05, 0) is 36.2 Å². The highest BCUT2D eigenvalue weighted by Crippen LogP contribution is 2.27. The van der Waals surface area contributed by atoms with Crippen molar-refractivity contribution in [1.82, 2.24) is 9.80 Å². The van der Waals surface area contributed by atoms with Crippen LogP contribution in [0.5, 0.6) is 0 Å². The molecular formula is C21H21FN4O3. The second-order valence-corrected chi connectivity index (χ2v) is 7.18. The third kappa shape index (κ3) is 4.12. The molecule has 2 heterocycles. The van der Waals surface area contributed by atoms with E-state index in [9.17, 15) is 19.3 Å². The summed E-state index contributed by atoms with van der Waals surface area (Å²) in [7, 11) is 0. The molecule has 2 aromatic rings. The van der Waals surface area contributed by atoms with Crippen molar-refractivity contribution in [3.63, 3.8) is 0 Å². The number of benzene rings is 2. The van der Waals surface area contributed by atoms with Crippen LogP contribution in [-0.2, 0) is 6.54 Å². The Bertz CT molecular complexity index is 943. The summed E-state index contributed by atoms with van der Waals surface area (Å²) in [6.07, 6.45) is 2.94. The number of nitro groups is 1. The molecule has 0 spiro atoms. The first-order valence-corrected chi connectivity index (χ1v) is 9.50. The number of halogens is 1. The molecule has 0 aliphatic carbocycles. The number of hydrogen-bond donors (Lipinski definition) is 0. The number of urea groups is 1. The lowest BCUT2D eigenvalue weighted by Crippen LogP contribution is -2.38. The Balaban J connectivity index is 1.42. The van der Waals surface area contributed by atoms with Crippen LogP contribution in [0.1, 0.15) is 12.0 Å². The van der Waals surface area contributed by atoms with E-state index in [0.29, 0.717) is 31.9 Å². The minimum absolute atomic E-state index is 0.00340. The first-order chi connectivity index (χ1) is 14.0. The van der Waals surface area contributed by atoms with Gasteiger partial charge in [0.15, 0.2) is 0 Å². The van der Waals surface area contributed by atoms with E-state index in [-0.39, 0.29) is 17.5 Å². The zero-order chi connectivity index (χ0) is 20.4. The lowest BCUT2D eigenvalue weighted by atomic mass is 10.1. The van der Waals surface area contributed by atoms with Crippen LogP contribution >= 0.6 is 0 Å². The van der Waals surface area contributed by atoms with Gasteiger partial charge in [-0.3, -0.25) is 24.8 Å². The van der Waals surface area contributed by atoms with E-state index in [1.54, 1.807) is 34.1 Å². The van der Waals surface area contributed by atoms with Gasteiger partial charge in [0.25, 0.3) is 5.69 Å². The summed E-state index contributed by atoms with van der Waals surface area (Å²) < 4.78 is 13.1. The summed E-state index contributed by atoms with van der Waals surface area (Å²) in [5.74, 6) is -0.248. The highest BCUT2D eigenvalue weighted by atomic mass is 19.1. The van der Waals surface area contributed by atoms with Crippen molar-refractivity contribution in [3.05, 3.63) is 81.8 Å². The molecule has 2 amide bonds. The molecule has 0 aromatic heterocycles. The highest BCUT2D eigenvalue weighted by Gasteiger charge is 2.33. The number of hydrogen-bond acceptors (Lipinski definition) is 4. The van der Waals surface area contributed by atoms with E-state index < -0.39 is 4.92 Å². The van der Waals surface area contributed by atoms with Gasteiger partial charge in [-0.1, -0.05) is 18.2 Å². The molecule has 8 heteroatoms. The first kappa shape index (κ1) is 19.1.